The quantitative estimate of drug-likeness (QED) is 0.711. The largest absolute Gasteiger partial charge is 0.452 e. The van der Waals surface area contributed by atoms with Crippen molar-refractivity contribution < 1.29 is 14.3 Å². The van der Waals surface area contributed by atoms with Crippen LogP contribution in [0.3, 0.4) is 0 Å². The van der Waals surface area contributed by atoms with E-state index in [2.05, 4.69) is 15.9 Å². The monoisotopic (exact) mass is 386 g/mol. The summed E-state index contributed by atoms with van der Waals surface area (Å²) in [4.78, 5) is 25.8. The molecule has 0 N–H and O–H groups in total. The molecule has 5 nitrogen and oxygen atoms in total. The molecular formula is C18H15BrN2O3. The summed E-state index contributed by atoms with van der Waals surface area (Å²) in [5.41, 5.74) is 1.02. The summed E-state index contributed by atoms with van der Waals surface area (Å²) >= 11 is 3.28. The number of hydrogen-bond donors (Lipinski definition) is 0. The number of nitrogens with zero attached hydrogens (tertiary/aromatic N) is 2. The van der Waals surface area contributed by atoms with Gasteiger partial charge in [0.25, 0.3) is 5.91 Å². The van der Waals surface area contributed by atoms with Crippen molar-refractivity contribution in [2.75, 3.05) is 18.1 Å². The maximum Gasteiger partial charge on any atom is 0.338 e. The first-order valence-electron chi connectivity index (χ1n) is 7.27. The minimum absolute atomic E-state index is 0.195. The van der Waals surface area contributed by atoms with Gasteiger partial charge in [-0.25, -0.2) is 4.79 Å². The number of carbonyl (C=O) groups excluding carboxylic acids is 2. The molecule has 0 saturated carbocycles. The minimum Gasteiger partial charge on any atom is -0.452 e. The molecule has 0 aliphatic heterocycles. The molecule has 0 radical (unpaired) electrons. The number of hydrogen-bond acceptors (Lipinski definition) is 4. The Kier molecular flexibility index (Phi) is 6.52. The van der Waals surface area contributed by atoms with E-state index in [4.69, 9.17) is 10.00 Å². The van der Waals surface area contributed by atoms with Crippen LogP contribution in [0.25, 0.3) is 0 Å². The lowest BCUT2D eigenvalue weighted by molar-refractivity contribution is -0.121. The number of para-hydroxylation sites is 1. The van der Waals surface area contributed by atoms with Crippen LogP contribution >= 0.6 is 15.9 Å². The number of nitriles is 1. The summed E-state index contributed by atoms with van der Waals surface area (Å²) in [6, 6.07) is 17.7. The van der Waals surface area contributed by atoms with E-state index in [-0.39, 0.29) is 25.5 Å². The van der Waals surface area contributed by atoms with E-state index in [1.165, 1.54) is 4.90 Å². The number of esters is 1. The first-order chi connectivity index (χ1) is 11.6. The summed E-state index contributed by atoms with van der Waals surface area (Å²) in [5.74, 6) is -0.947. The standard InChI is InChI=1S/C18H15BrN2O3/c19-15-7-4-6-14(12-15)18(23)24-13-17(22)21(11-5-10-20)16-8-2-1-3-9-16/h1-4,6-9,12H,5,11,13H2. The van der Waals surface area contributed by atoms with Crippen molar-refractivity contribution in [3.63, 3.8) is 0 Å². The van der Waals surface area contributed by atoms with Gasteiger partial charge in [-0.2, -0.15) is 5.26 Å². The molecule has 6 heteroatoms. The van der Waals surface area contributed by atoms with E-state index in [9.17, 15) is 9.59 Å². The highest BCUT2D eigenvalue weighted by atomic mass is 79.9. The van der Waals surface area contributed by atoms with Crippen molar-refractivity contribution in [1.82, 2.24) is 0 Å². The van der Waals surface area contributed by atoms with Gasteiger partial charge in [-0.1, -0.05) is 40.2 Å². The zero-order chi connectivity index (χ0) is 17.4. The molecule has 2 aromatic rings. The first kappa shape index (κ1) is 17.7. The molecule has 122 valence electrons. The van der Waals surface area contributed by atoms with Gasteiger partial charge in [0.1, 0.15) is 0 Å². The Morgan fingerprint density at radius 2 is 1.88 bits per heavy atom. The molecule has 0 heterocycles. The van der Waals surface area contributed by atoms with Gasteiger partial charge in [0.2, 0.25) is 0 Å². The fourth-order valence-electron chi connectivity index (χ4n) is 2.07. The third-order valence-corrected chi connectivity index (χ3v) is 3.70. The molecule has 0 fully saturated rings. The summed E-state index contributed by atoms with van der Waals surface area (Å²) in [6.45, 7) is -0.139. The van der Waals surface area contributed by atoms with E-state index in [1.807, 2.05) is 12.1 Å². The highest BCUT2D eigenvalue weighted by Gasteiger charge is 2.18. The summed E-state index contributed by atoms with van der Waals surface area (Å²) in [7, 11) is 0. The van der Waals surface area contributed by atoms with Crippen LogP contribution < -0.4 is 4.90 Å². The van der Waals surface area contributed by atoms with Gasteiger partial charge in [0, 0.05) is 16.7 Å². The minimum atomic E-state index is -0.571. The van der Waals surface area contributed by atoms with Crippen LogP contribution in [0, 0.1) is 11.3 Å². The number of halogens is 1. The number of amides is 1. The molecule has 0 aliphatic rings. The van der Waals surface area contributed by atoms with Crippen LogP contribution in [0.15, 0.2) is 59.1 Å². The van der Waals surface area contributed by atoms with Gasteiger partial charge < -0.3 is 9.64 Å². The average molecular weight is 387 g/mol. The number of anilines is 1. The van der Waals surface area contributed by atoms with Crippen molar-refractivity contribution in [2.45, 2.75) is 6.42 Å². The number of rotatable bonds is 6. The molecule has 0 atom stereocenters. The maximum absolute atomic E-state index is 12.4. The highest BCUT2D eigenvalue weighted by Crippen LogP contribution is 2.15. The Morgan fingerprint density at radius 3 is 2.54 bits per heavy atom. The molecule has 0 spiro atoms. The molecule has 0 bridgehead atoms. The fourth-order valence-corrected chi connectivity index (χ4v) is 2.47. The number of benzene rings is 2. The van der Waals surface area contributed by atoms with Gasteiger partial charge in [-0.3, -0.25) is 4.79 Å². The van der Waals surface area contributed by atoms with E-state index in [0.717, 1.165) is 4.47 Å². The van der Waals surface area contributed by atoms with Crippen LogP contribution in [-0.2, 0) is 9.53 Å². The zero-order valence-corrected chi connectivity index (χ0v) is 14.4. The Bertz CT molecular complexity index is 756. The lowest BCUT2D eigenvalue weighted by Gasteiger charge is -2.21. The summed E-state index contributed by atoms with van der Waals surface area (Å²) < 4.78 is 5.85. The first-order valence-corrected chi connectivity index (χ1v) is 8.06. The Balaban J connectivity index is 2.02. The van der Waals surface area contributed by atoms with Crippen LogP contribution in [0.2, 0.25) is 0 Å². The second-order valence-electron chi connectivity index (χ2n) is 4.88. The molecule has 0 unspecified atom stereocenters. The van der Waals surface area contributed by atoms with Crippen molar-refractivity contribution in [1.29, 1.82) is 5.26 Å². The van der Waals surface area contributed by atoms with Crippen molar-refractivity contribution in [2.24, 2.45) is 0 Å². The smallest absolute Gasteiger partial charge is 0.338 e. The highest BCUT2D eigenvalue weighted by molar-refractivity contribution is 9.10. The third-order valence-electron chi connectivity index (χ3n) is 3.20. The molecule has 24 heavy (non-hydrogen) atoms. The van der Waals surface area contributed by atoms with Gasteiger partial charge in [0.15, 0.2) is 6.61 Å². The Labute approximate surface area is 148 Å². The topological polar surface area (TPSA) is 70.4 Å². The maximum atomic E-state index is 12.4. The van der Waals surface area contributed by atoms with Gasteiger partial charge >= 0.3 is 5.97 Å². The van der Waals surface area contributed by atoms with Crippen LogP contribution in [-0.4, -0.2) is 25.0 Å². The van der Waals surface area contributed by atoms with Crippen molar-refractivity contribution in [3.05, 3.63) is 64.6 Å². The lowest BCUT2D eigenvalue weighted by Crippen LogP contribution is -2.35. The lowest BCUT2D eigenvalue weighted by atomic mass is 10.2. The van der Waals surface area contributed by atoms with Crippen LogP contribution in [0.4, 0.5) is 5.69 Å². The van der Waals surface area contributed by atoms with Gasteiger partial charge in [-0.15, -0.1) is 0 Å². The predicted octanol–water partition coefficient (Wildman–Crippen LogP) is 3.55. The molecule has 0 aliphatic carbocycles. The molecule has 0 aromatic heterocycles. The van der Waals surface area contributed by atoms with E-state index in [1.54, 1.807) is 48.5 Å². The second kappa shape index (κ2) is 8.85. The predicted molar refractivity (Wildman–Crippen MR) is 93.4 cm³/mol. The Morgan fingerprint density at radius 1 is 1.12 bits per heavy atom. The molecular weight excluding hydrogens is 372 g/mol. The van der Waals surface area contributed by atoms with E-state index >= 15 is 0 Å². The molecule has 2 rings (SSSR count). The van der Waals surface area contributed by atoms with Crippen molar-refractivity contribution >= 4 is 33.5 Å². The van der Waals surface area contributed by atoms with Gasteiger partial charge in [-0.05, 0) is 30.3 Å². The zero-order valence-electron chi connectivity index (χ0n) is 12.8. The normalized spacial score (nSPS) is 9.83. The Hall–Kier alpha value is -2.65. The average Bonchev–Trinajstić information content (AvgIpc) is 2.61. The SMILES string of the molecule is N#CCCN(C(=O)COC(=O)c1cccc(Br)c1)c1ccccc1. The third kappa shape index (κ3) is 4.93. The van der Waals surface area contributed by atoms with Crippen molar-refractivity contribution in [3.8, 4) is 6.07 Å². The fraction of sp³-hybridized carbons (Fsp3) is 0.167. The second-order valence-corrected chi connectivity index (χ2v) is 5.79. The van der Waals surface area contributed by atoms with E-state index < -0.39 is 5.97 Å². The van der Waals surface area contributed by atoms with Gasteiger partial charge in [0.05, 0.1) is 18.1 Å². The van der Waals surface area contributed by atoms with Crippen LogP contribution in [0.1, 0.15) is 16.8 Å². The number of carbonyl (C=O) groups is 2. The summed E-state index contributed by atoms with van der Waals surface area (Å²) in [6.07, 6.45) is 0.195. The number of ether oxygens (including phenoxy) is 1. The summed E-state index contributed by atoms with van der Waals surface area (Å²) in [5, 5.41) is 8.76. The van der Waals surface area contributed by atoms with E-state index in [0.29, 0.717) is 11.3 Å². The molecule has 2 aromatic carbocycles. The molecule has 0 saturated heterocycles. The van der Waals surface area contributed by atoms with Crippen LogP contribution in [0.5, 0.6) is 0 Å². The molecule has 1 amide bonds.